The van der Waals surface area contributed by atoms with Gasteiger partial charge in [-0.25, -0.2) is 9.97 Å². The highest BCUT2D eigenvalue weighted by Crippen LogP contribution is 2.40. The quantitative estimate of drug-likeness (QED) is 0.577. The van der Waals surface area contributed by atoms with Crippen LogP contribution in [0.15, 0.2) is 35.0 Å². The van der Waals surface area contributed by atoms with Crippen LogP contribution < -0.4 is 0 Å². The zero-order chi connectivity index (χ0) is 12.1. The Kier molecular flexibility index (Phi) is 2.00. The van der Waals surface area contributed by atoms with Gasteiger partial charge in [-0.05, 0) is 18.4 Å². The molecule has 2 aromatic heterocycles. The number of furan rings is 1. The third-order valence-corrected chi connectivity index (χ3v) is 3.73. The van der Waals surface area contributed by atoms with Crippen molar-refractivity contribution in [3.63, 3.8) is 0 Å². The first-order valence-corrected chi connectivity index (χ1v) is 6.22. The second-order valence-electron chi connectivity index (χ2n) is 4.41. The first-order valence-electron chi connectivity index (χ1n) is 5.85. The van der Waals surface area contributed by atoms with Crippen LogP contribution in [-0.4, -0.2) is 9.97 Å². The second-order valence-corrected chi connectivity index (χ2v) is 4.77. The molecule has 2 heterocycles. The third-order valence-electron chi connectivity index (χ3n) is 3.45. The zero-order valence-electron chi connectivity index (χ0n) is 9.48. The Hall–Kier alpha value is -1.87. The number of rotatable bonds is 0. The molecule has 18 heavy (non-hydrogen) atoms. The molecule has 3 aromatic rings. The topological polar surface area (TPSA) is 38.9 Å². The van der Waals surface area contributed by atoms with Crippen LogP contribution in [0.25, 0.3) is 22.4 Å². The molecule has 0 saturated heterocycles. The Balaban J connectivity index is 2.12. The van der Waals surface area contributed by atoms with Gasteiger partial charge in [0.2, 0.25) is 5.71 Å². The maximum absolute atomic E-state index is 6.15. The predicted octanol–water partition coefficient (Wildman–Crippen LogP) is 3.64. The number of fused-ring (bicyclic) bond motifs is 5. The summed E-state index contributed by atoms with van der Waals surface area (Å²) in [5, 5.41) is 1.34. The van der Waals surface area contributed by atoms with Crippen molar-refractivity contribution in [2.75, 3.05) is 0 Å². The SMILES string of the molecule is Clc1ncnc2oc3c(c12)CCc1ccccc1-3. The van der Waals surface area contributed by atoms with Crippen molar-refractivity contribution in [3.8, 4) is 11.3 Å². The summed E-state index contributed by atoms with van der Waals surface area (Å²) in [4.78, 5) is 8.20. The highest BCUT2D eigenvalue weighted by Gasteiger charge is 2.24. The van der Waals surface area contributed by atoms with Crippen molar-refractivity contribution in [2.24, 2.45) is 0 Å². The van der Waals surface area contributed by atoms with Crippen molar-refractivity contribution >= 4 is 22.7 Å². The van der Waals surface area contributed by atoms with Crippen molar-refractivity contribution in [1.82, 2.24) is 9.97 Å². The molecule has 0 unspecified atom stereocenters. The molecule has 0 radical (unpaired) electrons. The summed E-state index contributed by atoms with van der Waals surface area (Å²) in [7, 11) is 0. The molecule has 0 amide bonds. The molecule has 3 nitrogen and oxygen atoms in total. The number of hydrogen-bond acceptors (Lipinski definition) is 3. The van der Waals surface area contributed by atoms with E-state index >= 15 is 0 Å². The van der Waals surface area contributed by atoms with Crippen LogP contribution in [0.4, 0.5) is 0 Å². The maximum Gasteiger partial charge on any atom is 0.231 e. The number of benzene rings is 1. The van der Waals surface area contributed by atoms with E-state index in [0.29, 0.717) is 10.9 Å². The molecule has 0 aliphatic heterocycles. The van der Waals surface area contributed by atoms with E-state index < -0.39 is 0 Å². The summed E-state index contributed by atoms with van der Waals surface area (Å²) in [5.41, 5.74) is 4.17. The normalized spacial score (nSPS) is 13.4. The fraction of sp³-hybridized carbons (Fsp3) is 0.143. The van der Waals surface area contributed by atoms with Crippen LogP contribution in [-0.2, 0) is 12.8 Å². The van der Waals surface area contributed by atoms with E-state index in [-0.39, 0.29) is 0 Å². The molecule has 0 saturated carbocycles. The van der Waals surface area contributed by atoms with Gasteiger partial charge in [0.1, 0.15) is 17.2 Å². The highest BCUT2D eigenvalue weighted by atomic mass is 35.5. The molecule has 0 atom stereocenters. The number of hydrogen-bond donors (Lipinski definition) is 0. The predicted molar refractivity (Wildman–Crippen MR) is 69.7 cm³/mol. The van der Waals surface area contributed by atoms with Gasteiger partial charge in [-0.3, -0.25) is 0 Å². The lowest BCUT2D eigenvalue weighted by atomic mass is 9.90. The summed E-state index contributed by atoms with van der Waals surface area (Å²) < 4.78 is 5.86. The Labute approximate surface area is 108 Å². The summed E-state index contributed by atoms with van der Waals surface area (Å²) in [5.74, 6) is 0.897. The maximum atomic E-state index is 6.15. The van der Waals surface area contributed by atoms with Gasteiger partial charge in [-0.15, -0.1) is 0 Å². The summed E-state index contributed by atoms with van der Waals surface area (Å²) in [6.07, 6.45) is 3.36. The van der Waals surface area contributed by atoms with E-state index in [4.69, 9.17) is 16.0 Å². The highest BCUT2D eigenvalue weighted by molar-refractivity contribution is 6.34. The van der Waals surface area contributed by atoms with Gasteiger partial charge >= 0.3 is 0 Å². The van der Waals surface area contributed by atoms with Gasteiger partial charge in [-0.1, -0.05) is 35.9 Å². The van der Waals surface area contributed by atoms with Gasteiger partial charge in [0.15, 0.2) is 0 Å². The molecule has 0 N–H and O–H groups in total. The minimum atomic E-state index is 0.476. The van der Waals surface area contributed by atoms with Crippen LogP contribution in [0.3, 0.4) is 0 Å². The average molecular weight is 257 g/mol. The molecule has 4 rings (SSSR count). The Bertz CT molecular complexity index is 764. The van der Waals surface area contributed by atoms with Gasteiger partial charge < -0.3 is 4.42 Å². The number of aryl methyl sites for hydroxylation is 2. The van der Waals surface area contributed by atoms with Crippen LogP contribution >= 0.6 is 11.6 Å². The van der Waals surface area contributed by atoms with Crippen molar-refractivity contribution in [1.29, 1.82) is 0 Å². The summed E-state index contributed by atoms with van der Waals surface area (Å²) in [6.45, 7) is 0. The van der Waals surface area contributed by atoms with E-state index in [1.54, 1.807) is 0 Å². The molecular formula is C14H9ClN2O. The third kappa shape index (κ3) is 1.25. The van der Waals surface area contributed by atoms with Gasteiger partial charge in [0.25, 0.3) is 0 Å². The Morgan fingerprint density at radius 3 is 2.94 bits per heavy atom. The first kappa shape index (κ1) is 10.1. The summed E-state index contributed by atoms with van der Waals surface area (Å²) >= 11 is 6.15. The van der Waals surface area contributed by atoms with Crippen LogP contribution in [0, 0.1) is 0 Å². The largest absolute Gasteiger partial charge is 0.437 e. The summed E-state index contributed by atoms with van der Waals surface area (Å²) in [6, 6.07) is 8.30. The van der Waals surface area contributed by atoms with E-state index in [0.717, 1.165) is 35.1 Å². The minimum Gasteiger partial charge on any atom is -0.437 e. The lowest BCUT2D eigenvalue weighted by Gasteiger charge is -2.14. The molecule has 88 valence electrons. The van der Waals surface area contributed by atoms with Crippen molar-refractivity contribution in [3.05, 3.63) is 46.9 Å². The number of aromatic nitrogens is 2. The second kappa shape index (κ2) is 3.56. The average Bonchev–Trinajstić information content (AvgIpc) is 2.79. The number of nitrogens with zero attached hydrogens (tertiary/aromatic N) is 2. The van der Waals surface area contributed by atoms with E-state index in [1.807, 2.05) is 6.07 Å². The van der Waals surface area contributed by atoms with Gasteiger partial charge in [-0.2, -0.15) is 0 Å². The van der Waals surface area contributed by atoms with Crippen LogP contribution in [0.2, 0.25) is 5.15 Å². The molecular weight excluding hydrogens is 248 g/mol. The van der Waals surface area contributed by atoms with Crippen LogP contribution in [0.1, 0.15) is 11.1 Å². The molecule has 0 bridgehead atoms. The zero-order valence-corrected chi connectivity index (χ0v) is 10.2. The first-order chi connectivity index (χ1) is 8.84. The smallest absolute Gasteiger partial charge is 0.231 e. The van der Waals surface area contributed by atoms with Crippen LogP contribution in [0.5, 0.6) is 0 Å². The molecule has 1 aliphatic carbocycles. The minimum absolute atomic E-state index is 0.476. The lowest BCUT2D eigenvalue weighted by molar-refractivity contribution is 0.608. The van der Waals surface area contributed by atoms with E-state index in [2.05, 4.69) is 28.2 Å². The fourth-order valence-corrected chi connectivity index (χ4v) is 2.87. The number of halogens is 1. The Morgan fingerprint density at radius 1 is 1.11 bits per heavy atom. The molecule has 0 fully saturated rings. The monoisotopic (exact) mass is 256 g/mol. The fourth-order valence-electron chi connectivity index (χ4n) is 2.63. The standard InChI is InChI=1S/C14H9ClN2O/c15-13-11-10-6-5-8-3-1-2-4-9(8)12(10)18-14(11)17-7-16-13/h1-4,7H,5-6H2. The molecule has 1 aliphatic rings. The van der Waals surface area contributed by atoms with Crippen molar-refractivity contribution in [2.45, 2.75) is 12.8 Å². The lowest BCUT2D eigenvalue weighted by Crippen LogP contribution is -2.01. The Morgan fingerprint density at radius 2 is 2.00 bits per heavy atom. The van der Waals surface area contributed by atoms with Crippen molar-refractivity contribution < 1.29 is 4.42 Å². The molecule has 0 spiro atoms. The van der Waals surface area contributed by atoms with E-state index in [9.17, 15) is 0 Å². The van der Waals surface area contributed by atoms with Gasteiger partial charge in [0, 0.05) is 11.1 Å². The van der Waals surface area contributed by atoms with Gasteiger partial charge in [0.05, 0.1) is 5.39 Å². The van der Waals surface area contributed by atoms with E-state index in [1.165, 1.54) is 11.9 Å². The molecule has 4 heteroatoms. The molecule has 1 aromatic carbocycles.